The molecule has 0 saturated carbocycles. The van der Waals surface area contributed by atoms with Crippen LogP contribution in [0.2, 0.25) is 0 Å². The van der Waals surface area contributed by atoms with E-state index in [1.54, 1.807) is 41.6 Å². The van der Waals surface area contributed by atoms with Crippen LogP contribution >= 0.6 is 0 Å². The summed E-state index contributed by atoms with van der Waals surface area (Å²) in [6, 6.07) is 4.47. The van der Waals surface area contributed by atoms with Crippen molar-refractivity contribution in [3.63, 3.8) is 0 Å². The van der Waals surface area contributed by atoms with Crippen LogP contribution in [-0.4, -0.2) is 103 Å². The number of carbonyl (C=O) groups is 2. The van der Waals surface area contributed by atoms with Crippen molar-refractivity contribution in [2.75, 3.05) is 32.1 Å². The molecule has 0 unspecified atom stereocenters. The van der Waals surface area contributed by atoms with Gasteiger partial charge in [0.15, 0.2) is 5.03 Å². The van der Waals surface area contributed by atoms with Gasteiger partial charge in [-0.25, -0.2) is 18.1 Å². The lowest BCUT2D eigenvalue weighted by atomic mass is 10.0. The van der Waals surface area contributed by atoms with E-state index in [9.17, 15) is 23.1 Å². The second-order valence-electron chi connectivity index (χ2n) is 9.93. The molecule has 1 aromatic carbocycles. The first-order valence-electron chi connectivity index (χ1n) is 12.6. The first-order chi connectivity index (χ1) is 19.0. The third kappa shape index (κ3) is 6.63. The van der Waals surface area contributed by atoms with Gasteiger partial charge in [-0.05, 0) is 35.5 Å². The second-order valence-corrected chi connectivity index (χ2v) is 11.9. The molecule has 0 spiro atoms. The number of aliphatic hydroxyl groups excluding tert-OH is 1. The number of nitrogens with one attached hydrogen (secondary N) is 1. The largest absolute Gasteiger partial charge is 0.488 e. The van der Waals surface area contributed by atoms with E-state index in [4.69, 9.17) is 4.74 Å². The zero-order valence-corrected chi connectivity index (χ0v) is 23.5. The van der Waals surface area contributed by atoms with E-state index in [-0.39, 0.29) is 55.4 Å². The molecule has 40 heavy (non-hydrogen) atoms. The molecule has 1 aliphatic rings. The number of amides is 2. The number of anilines is 1. The third-order valence-corrected chi connectivity index (χ3v) is 8.40. The van der Waals surface area contributed by atoms with E-state index in [1.807, 2.05) is 6.92 Å². The Kier molecular flexibility index (Phi) is 8.80. The number of nitrogens with zero attached hydrogens (tertiary/aromatic N) is 8. The van der Waals surface area contributed by atoms with Crippen LogP contribution in [0.3, 0.4) is 0 Å². The number of hydrogen-bond acceptors (Lipinski definition) is 10. The summed E-state index contributed by atoms with van der Waals surface area (Å²) in [5, 5.41) is 23.2. The summed E-state index contributed by atoms with van der Waals surface area (Å²) in [6.07, 6.45) is 3.46. The van der Waals surface area contributed by atoms with Crippen molar-refractivity contribution in [2.45, 2.75) is 44.0 Å². The normalized spacial score (nSPS) is 18.9. The minimum absolute atomic E-state index is 0.0144. The van der Waals surface area contributed by atoms with Gasteiger partial charge in [0.25, 0.3) is 10.0 Å². The van der Waals surface area contributed by atoms with E-state index in [0.717, 1.165) is 0 Å². The Morgan fingerprint density at radius 2 is 2.10 bits per heavy atom. The van der Waals surface area contributed by atoms with Crippen LogP contribution in [0.4, 0.5) is 5.69 Å². The summed E-state index contributed by atoms with van der Waals surface area (Å²) in [5.74, 6) is -0.511. The molecule has 16 heteroatoms. The van der Waals surface area contributed by atoms with Gasteiger partial charge >= 0.3 is 0 Å². The highest BCUT2D eigenvalue weighted by atomic mass is 32.2. The number of benzene rings is 1. The standard InChI is InChI=1S/C24H33N9O6S/c1-16-9-33(17(2)13-34)24(36)8-18-7-19(27-22(35)11-32-15-26-28-29-32)5-6-20(18)39-21(16)10-31(4)40(37,38)23-12-30(3)14-25-23/h5-7,12,14-17,21,34H,8-11,13H2,1-4H3,(H,27,35)/t16-,17-,21-/m1/s1. The maximum Gasteiger partial charge on any atom is 0.261 e. The lowest BCUT2D eigenvalue weighted by molar-refractivity contribution is -0.134. The molecule has 216 valence electrons. The fourth-order valence-electron chi connectivity index (χ4n) is 4.36. The van der Waals surface area contributed by atoms with Crippen molar-refractivity contribution in [3.8, 4) is 5.75 Å². The van der Waals surface area contributed by atoms with Crippen LogP contribution in [0.15, 0.2) is 42.1 Å². The van der Waals surface area contributed by atoms with Crippen LogP contribution in [0.25, 0.3) is 0 Å². The van der Waals surface area contributed by atoms with Crippen molar-refractivity contribution >= 4 is 27.5 Å². The molecule has 3 heterocycles. The van der Waals surface area contributed by atoms with Gasteiger partial charge in [0.1, 0.15) is 24.7 Å². The molecule has 1 aliphatic heterocycles. The van der Waals surface area contributed by atoms with Crippen molar-refractivity contribution in [1.82, 2.24) is 39.0 Å². The molecule has 0 bridgehead atoms. The molecule has 4 rings (SSSR count). The fraction of sp³-hybridized carbons (Fsp3) is 0.500. The lowest BCUT2D eigenvalue weighted by Crippen LogP contribution is -2.48. The molecular weight excluding hydrogens is 542 g/mol. The van der Waals surface area contributed by atoms with Gasteiger partial charge in [-0.2, -0.15) is 4.31 Å². The minimum Gasteiger partial charge on any atom is -0.488 e. The number of sulfonamides is 1. The maximum atomic E-state index is 13.4. The number of likely N-dealkylation sites (N-methyl/N-ethyl adjacent to an activating group) is 1. The summed E-state index contributed by atoms with van der Waals surface area (Å²) >= 11 is 0. The Balaban J connectivity index is 1.62. The number of aromatic nitrogens is 6. The molecule has 3 atom stereocenters. The number of carbonyl (C=O) groups excluding carboxylic acids is 2. The molecule has 0 fully saturated rings. The zero-order valence-electron chi connectivity index (χ0n) is 22.7. The van der Waals surface area contributed by atoms with Gasteiger partial charge in [0.05, 0.1) is 31.9 Å². The molecule has 2 amide bonds. The quantitative estimate of drug-likeness (QED) is 0.338. The lowest BCUT2D eigenvalue weighted by Gasteiger charge is -2.33. The topological polar surface area (TPSA) is 178 Å². The first-order valence-corrected chi connectivity index (χ1v) is 14.1. The number of tetrazole rings is 1. The fourth-order valence-corrected chi connectivity index (χ4v) is 5.50. The summed E-state index contributed by atoms with van der Waals surface area (Å²) in [5.41, 5.74) is 0.948. The number of aliphatic hydroxyl groups is 1. The van der Waals surface area contributed by atoms with E-state index < -0.39 is 22.2 Å². The van der Waals surface area contributed by atoms with E-state index in [0.29, 0.717) is 17.0 Å². The van der Waals surface area contributed by atoms with Gasteiger partial charge in [-0.15, -0.1) is 5.10 Å². The first kappa shape index (κ1) is 29.1. The Bertz CT molecular complexity index is 1440. The van der Waals surface area contributed by atoms with Crippen LogP contribution in [0.5, 0.6) is 5.75 Å². The molecule has 2 aromatic heterocycles. The SMILES string of the molecule is C[C@@H]1CN([C@H](C)CO)C(=O)Cc2cc(NC(=O)Cn3cnnn3)ccc2O[C@@H]1CN(C)S(=O)(=O)c1cn(C)cn1. The van der Waals surface area contributed by atoms with Crippen LogP contribution < -0.4 is 10.1 Å². The highest BCUT2D eigenvalue weighted by molar-refractivity contribution is 7.89. The van der Waals surface area contributed by atoms with Gasteiger partial charge in [-0.3, -0.25) is 9.59 Å². The predicted molar refractivity (Wildman–Crippen MR) is 141 cm³/mol. The Labute approximate surface area is 231 Å². The Hall–Kier alpha value is -3.89. The number of rotatable bonds is 9. The van der Waals surface area contributed by atoms with Crippen molar-refractivity contribution in [1.29, 1.82) is 0 Å². The smallest absolute Gasteiger partial charge is 0.261 e. The average Bonchev–Trinajstić information content (AvgIpc) is 3.59. The number of ether oxygens (including phenoxy) is 1. The van der Waals surface area contributed by atoms with Crippen LogP contribution in [-0.2, 0) is 39.6 Å². The molecule has 0 radical (unpaired) electrons. The molecular formula is C24H33N9O6S. The molecule has 15 nitrogen and oxygen atoms in total. The van der Waals surface area contributed by atoms with Crippen LogP contribution in [0.1, 0.15) is 19.4 Å². The summed E-state index contributed by atoms with van der Waals surface area (Å²) in [4.78, 5) is 31.4. The second kappa shape index (κ2) is 12.1. The predicted octanol–water partition coefficient (Wildman–Crippen LogP) is -0.485. The minimum atomic E-state index is -3.90. The summed E-state index contributed by atoms with van der Waals surface area (Å²) in [7, 11) is -0.760. The summed E-state index contributed by atoms with van der Waals surface area (Å²) < 4.78 is 36.7. The number of hydrogen-bond donors (Lipinski definition) is 2. The molecule has 0 aliphatic carbocycles. The monoisotopic (exact) mass is 575 g/mol. The van der Waals surface area contributed by atoms with Crippen molar-refractivity contribution in [2.24, 2.45) is 13.0 Å². The Morgan fingerprint density at radius 3 is 2.75 bits per heavy atom. The maximum absolute atomic E-state index is 13.4. The van der Waals surface area contributed by atoms with Crippen LogP contribution in [0, 0.1) is 5.92 Å². The average molecular weight is 576 g/mol. The number of aryl methyl sites for hydroxylation is 1. The van der Waals surface area contributed by atoms with E-state index >= 15 is 0 Å². The van der Waals surface area contributed by atoms with E-state index in [1.165, 1.54) is 34.9 Å². The molecule has 0 saturated heterocycles. The van der Waals surface area contributed by atoms with Gasteiger partial charge in [-0.1, -0.05) is 6.92 Å². The number of imidazole rings is 1. The van der Waals surface area contributed by atoms with Gasteiger partial charge < -0.3 is 24.6 Å². The summed E-state index contributed by atoms with van der Waals surface area (Å²) in [6.45, 7) is 3.50. The number of fused-ring (bicyclic) bond motifs is 1. The highest BCUT2D eigenvalue weighted by Crippen LogP contribution is 2.29. The third-order valence-electron chi connectivity index (χ3n) is 6.69. The van der Waals surface area contributed by atoms with E-state index in [2.05, 4.69) is 25.8 Å². The van der Waals surface area contributed by atoms with Gasteiger partial charge in [0, 0.05) is 44.0 Å². The molecule has 2 N–H and O–H groups in total. The Morgan fingerprint density at radius 1 is 1.32 bits per heavy atom. The zero-order chi connectivity index (χ0) is 29.0. The highest BCUT2D eigenvalue weighted by Gasteiger charge is 2.34. The van der Waals surface area contributed by atoms with Crippen molar-refractivity contribution < 1.29 is 27.9 Å². The van der Waals surface area contributed by atoms with Crippen molar-refractivity contribution in [3.05, 3.63) is 42.6 Å². The van der Waals surface area contributed by atoms with Gasteiger partial charge in [0.2, 0.25) is 11.8 Å². The molecule has 3 aromatic rings.